The summed E-state index contributed by atoms with van der Waals surface area (Å²) in [4.78, 5) is 31.9. The number of halogens is 1. The Bertz CT molecular complexity index is 1240. The van der Waals surface area contributed by atoms with Crippen molar-refractivity contribution in [2.45, 2.75) is 0 Å². The van der Waals surface area contributed by atoms with Crippen LogP contribution in [-0.2, 0) is 0 Å². The lowest BCUT2D eigenvalue weighted by molar-refractivity contribution is 0.104. The number of nitrogens with one attached hydrogen (secondary N) is 1. The second kappa shape index (κ2) is 8.12. The van der Waals surface area contributed by atoms with Crippen molar-refractivity contribution in [2.24, 2.45) is 0 Å². The van der Waals surface area contributed by atoms with Crippen LogP contribution in [0.1, 0.15) is 15.9 Å². The fourth-order valence-electron chi connectivity index (χ4n) is 2.99. The standard InChI is InChI=1S/C23H16ClN3O2/c24-19-9-6-16(7-10-19)8-11-22(28)17-3-1-5-20(13-17)27-21(15-26-23(27)29)18-4-2-12-25-14-18/h1-15H,(H,26,29). The number of benzene rings is 2. The Kier molecular flexibility index (Phi) is 5.22. The van der Waals surface area contributed by atoms with Gasteiger partial charge in [-0.2, -0.15) is 0 Å². The molecule has 2 aromatic carbocycles. The molecule has 0 aliphatic carbocycles. The van der Waals surface area contributed by atoms with E-state index < -0.39 is 0 Å². The molecule has 0 amide bonds. The number of imidazole rings is 1. The molecule has 0 aliphatic heterocycles. The van der Waals surface area contributed by atoms with E-state index in [4.69, 9.17) is 11.6 Å². The van der Waals surface area contributed by atoms with Crippen LogP contribution < -0.4 is 5.69 Å². The van der Waals surface area contributed by atoms with Crippen LogP contribution in [0.2, 0.25) is 5.02 Å². The van der Waals surface area contributed by atoms with Crippen molar-refractivity contribution in [3.8, 4) is 16.9 Å². The van der Waals surface area contributed by atoms with Crippen LogP contribution in [0.3, 0.4) is 0 Å². The molecule has 5 nitrogen and oxygen atoms in total. The van der Waals surface area contributed by atoms with Crippen LogP contribution in [0.4, 0.5) is 0 Å². The SMILES string of the molecule is O=C(C=Cc1ccc(Cl)cc1)c1cccc(-n2c(-c3cccnc3)c[nH]c2=O)c1. The summed E-state index contributed by atoms with van der Waals surface area (Å²) < 4.78 is 1.52. The second-order valence-corrected chi connectivity index (χ2v) is 6.79. The monoisotopic (exact) mass is 401 g/mol. The topological polar surface area (TPSA) is 67.8 Å². The Morgan fingerprint density at radius 2 is 1.90 bits per heavy atom. The molecule has 0 saturated carbocycles. The molecule has 4 rings (SSSR count). The van der Waals surface area contributed by atoms with Gasteiger partial charge in [-0.25, -0.2) is 4.79 Å². The first-order chi connectivity index (χ1) is 14.1. The van der Waals surface area contributed by atoms with Gasteiger partial charge in [0.15, 0.2) is 5.78 Å². The maximum atomic E-state index is 12.6. The van der Waals surface area contributed by atoms with E-state index in [1.54, 1.807) is 67.1 Å². The summed E-state index contributed by atoms with van der Waals surface area (Å²) in [6.07, 6.45) is 8.22. The van der Waals surface area contributed by atoms with Crippen LogP contribution in [0.15, 0.2) is 90.1 Å². The van der Waals surface area contributed by atoms with Crippen molar-refractivity contribution < 1.29 is 4.79 Å². The molecule has 0 atom stereocenters. The molecule has 2 aromatic heterocycles. The molecule has 0 fully saturated rings. The summed E-state index contributed by atoms with van der Waals surface area (Å²) >= 11 is 5.88. The number of carbonyl (C=O) groups excluding carboxylic acids is 1. The number of rotatable bonds is 5. The molecule has 0 saturated heterocycles. The average molecular weight is 402 g/mol. The molecule has 4 aromatic rings. The van der Waals surface area contributed by atoms with Gasteiger partial charge in [0, 0.05) is 34.7 Å². The highest BCUT2D eigenvalue weighted by Gasteiger charge is 2.12. The quantitative estimate of drug-likeness (QED) is 0.386. The van der Waals surface area contributed by atoms with E-state index in [9.17, 15) is 9.59 Å². The van der Waals surface area contributed by atoms with Crippen molar-refractivity contribution in [1.29, 1.82) is 0 Å². The third-order valence-corrected chi connectivity index (χ3v) is 4.67. The zero-order chi connectivity index (χ0) is 20.2. The van der Waals surface area contributed by atoms with E-state index in [-0.39, 0.29) is 11.5 Å². The first kappa shape index (κ1) is 18.7. The predicted octanol–water partition coefficient (Wildman–Crippen LogP) is 4.78. The normalized spacial score (nSPS) is 11.1. The predicted molar refractivity (Wildman–Crippen MR) is 114 cm³/mol. The molecule has 2 heterocycles. The molecular weight excluding hydrogens is 386 g/mol. The molecule has 0 bridgehead atoms. The van der Waals surface area contributed by atoms with Crippen molar-refractivity contribution in [2.75, 3.05) is 0 Å². The van der Waals surface area contributed by atoms with Gasteiger partial charge < -0.3 is 4.98 Å². The number of hydrogen-bond acceptors (Lipinski definition) is 3. The number of aromatic amines is 1. The number of H-pyrrole nitrogens is 1. The molecule has 142 valence electrons. The molecule has 29 heavy (non-hydrogen) atoms. The van der Waals surface area contributed by atoms with E-state index in [2.05, 4.69) is 9.97 Å². The van der Waals surface area contributed by atoms with E-state index in [0.29, 0.717) is 22.0 Å². The minimum atomic E-state index is -0.287. The highest BCUT2D eigenvalue weighted by molar-refractivity contribution is 6.30. The third kappa shape index (κ3) is 4.10. The van der Waals surface area contributed by atoms with E-state index in [0.717, 1.165) is 11.1 Å². The van der Waals surface area contributed by atoms with E-state index in [1.807, 2.05) is 18.2 Å². The number of nitrogens with zero attached hydrogens (tertiary/aromatic N) is 2. The second-order valence-electron chi connectivity index (χ2n) is 6.36. The number of aromatic nitrogens is 3. The lowest BCUT2D eigenvalue weighted by atomic mass is 10.1. The maximum Gasteiger partial charge on any atom is 0.330 e. The van der Waals surface area contributed by atoms with Crippen LogP contribution in [-0.4, -0.2) is 20.3 Å². The van der Waals surface area contributed by atoms with Gasteiger partial charge in [0.25, 0.3) is 0 Å². The zero-order valence-electron chi connectivity index (χ0n) is 15.2. The smallest absolute Gasteiger partial charge is 0.312 e. The minimum Gasteiger partial charge on any atom is -0.312 e. The van der Waals surface area contributed by atoms with Gasteiger partial charge in [0.1, 0.15) is 0 Å². The maximum absolute atomic E-state index is 12.6. The number of pyridine rings is 1. The number of carbonyl (C=O) groups is 1. The molecule has 1 N–H and O–H groups in total. The third-order valence-electron chi connectivity index (χ3n) is 4.42. The van der Waals surface area contributed by atoms with Crippen molar-refractivity contribution in [3.63, 3.8) is 0 Å². The summed E-state index contributed by atoms with van der Waals surface area (Å²) in [6, 6.07) is 17.8. The number of hydrogen-bond donors (Lipinski definition) is 1. The first-order valence-electron chi connectivity index (χ1n) is 8.91. The summed E-state index contributed by atoms with van der Waals surface area (Å²) in [5.41, 5.74) is 3.14. The van der Waals surface area contributed by atoms with Gasteiger partial charge >= 0.3 is 5.69 Å². The number of allylic oxidation sites excluding steroid dienone is 1. The van der Waals surface area contributed by atoms with Crippen molar-refractivity contribution in [1.82, 2.24) is 14.5 Å². The largest absolute Gasteiger partial charge is 0.330 e. The summed E-state index contributed by atoms with van der Waals surface area (Å²) in [5, 5.41) is 0.641. The van der Waals surface area contributed by atoms with Crippen LogP contribution in [0.5, 0.6) is 0 Å². The average Bonchev–Trinajstić information content (AvgIpc) is 3.15. The van der Waals surface area contributed by atoms with Crippen LogP contribution in [0, 0.1) is 0 Å². The molecule has 0 aliphatic rings. The van der Waals surface area contributed by atoms with Gasteiger partial charge in [-0.15, -0.1) is 0 Å². The Labute approximate surface area is 171 Å². The summed E-state index contributed by atoms with van der Waals surface area (Å²) in [6.45, 7) is 0. The van der Waals surface area contributed by atoms with Crippen molar-refractivity contribution in [3.05, 3.63) is 112 Å². The fourth-order valence-corrected chi connectivity index (χ4v) is 3.12. The van der Waals surface area contributed by atoms with Crippen molar-refractivity contribution >= 4 is 23.5 Å². The highest BCUT2D eigenvalue weighted by Crippen LogP contribution is 2.21. The lowest BCUT2D eigenvalue weighted by Crippen LogP contribution is -2.16. The Balaban J connectivity index is 1.66. The zero-order valence-corrected chi connectivity index (χ0v) is 16.0. The Hall–Kier alpha value is -3.70. The van der Waals surface area contributed by atoms with Gasteiger partial charge in [-0.05, 0) is 48.0 Å². The molecule has 0 spiro atoms. The van der Waals surface area contributed by atoms with Gasteiger partial charge in [-0.1, -0.05) is 41.9 Å². The molecule has 6 heteroatoms. The Morgan fingerprint density at radius 1 is 1.07 bits per heavy atom. The summed E-state index contributed by atoms with van der Waals surface area (Å²) in [7, 11) is 0. The fraction of sp³-hybridized carbons (Fsp3) is 0. The van der Waals surface area contributed by atoms with Crippen LogP contribution in [0.25, 0.3) is 23.0 Å². The molecular formula is C23H16ClN3O2. The van der Waals surface area contributed by atoms with Gasteiger partial charge in [0.2, 0.25) is 0 Å². The summed E-state index contributed by atoms with van der Waals surface area (Å²) in [5.74, 6) is -0.159. The lowest BCUT2D eigenvalue weighted by Gasteiger charge is -2.08. The number of ketones is 1. The van der Waals surface area contributed by atoms with Gasteiger partial charge in [0.05, 0.1) is 11.4 Å². The highest BCUT2D eigenvalue weighted by atomic mass is 35.5. The first-order valence-corrected chi connectivity index (χ1v) is 9.29. The molecule has 0 radical (unpaired) electrons. The van der Waals surface area contributed by atoms with E-state index >= 15 is 0 Å². The van der Waals surface area contributed by atoms with Gasteiger partial charge in [-0.3, -0.25) is 14.3 Å². The van der Waals surface area contributed by atoms with E-state index in [1.165, 1.54) is 10.6 Å². The Morgan fingerprint density at radius 3 is 2.66 bits per heavy atom. The van der Waals surface area contributed by atoms with Crippen LogP contribution >= 0.6 is 11.6 Å². The minimum absolute atomic E-state index is 0.159. The molecule has 0 unspecified atom stereocenters.